The molecular formula is C15H22ClNO. The second-order valence-corrected chi connectivity index (χ2v) is 4.97. The minimum atomic E-state index is 0.140. The zero-order valence-corrected chi connectivity index (χ0v) is 11.8. The van der Waals surface area contributed by atoms with Crippen LogP contribution in [0.2, 0.25) is 5.02 Å². The third-order valence-corrected chi connectivity index (χ3v) is 3.16. The summed E-state index contributed by atoms with van der Waals surface area (Å²) in [6.07, 6.45) is 6.09. The summed E-state index contributed by atoms with van der Waals surface area (Å²) in [6.45, 7) is 2.99. The van der Waals surface area contributed by atoms with Crippen molar-refractivity contribution in [3.05, 3.63) is 34.9 Å². The number of unbranched alkanes of at least 4 members (excludes halogenated alkanes) is 3. The van der Waals surface area contributed by atoms with E-state index in [1.165, 1.54) is 19.3 Å². The zero-order valence-electron chi connectivity index (χ0n) is 11.0. The molecule has 0 unspecified atom stereocenters. The fourth-order valence-electron chi connectivity index (χ4n) is 1.78. The molecule has 3 heteroatoms. The van der Waals surface area contributed by atoms with Gasteiger partial charge in [0, 0.05) is 18.0 Å². The van der Waals surface area contributed by atoms with Crippen molar-refractivity contribution in [2.24, 2.45) is 0 Å². The lowest BCUT2D eigenvalue weighted by Gasteiger charge is -2.05. The Morgan fingerprint density at radius 3 is 2.56 bits per heavy atom. The maximum absolute atomic E-state index is 11.6. The maximum Gasteiger partial charge on any atom is 0.220 e. The van der Waals surface area contributed by atoms with Gasteiger partial charge in [-0.2, -0.15) is 0 Å². The molecule has 0 aliphatic heterocycles. The lowest BCUT2D eigenvalue weighted by molar-refractivity contribution is -0.121. The molecule has 0 aliphatic rings. The van der Waals surface area contributed by atoms with E-state index in [-0.39, 0.29) is 5.91 Å². The molecule has 0 spiro atoms. The minimum absolute atomic E-state index is 0.140. The van der Waals surface area contributed by atoms with Crippen LogP contribution < -0.4 is 5.32 Å². The molecule has 18 heavy (non-hydrogen) atoms. The molecule has 0 saturated carbocycles. The number of hydrogen-bond acceptors (Lipinski definition) is 1. The van der Waals surface area contributed by atoms with Crippen molar-refractivity contribution in [3.8, 4) is 0 Å². The van der Waals surface area contributed by atoms with Crippen LogP contribution in [0.3, 0.4) is 0 Å². The average molecular weight is 268 g/mol. The summed E-state index contributed by atoms with van der Waals surface area (Å²) in [7, 11) is 0. The molecule has 0 bridgehead atoms. The predicted octanol–water partition coefficient (Wildman–Crippen LogP) is 3.97. The normalized spacial score (nSPS) is 10.3. The summed E-state index contributed by atoms with van der Waals surface area (Å²) < 4.78 is 0. The number of aryl methyl sites for hydroxylation is 1. The van der Waals surface area contributed by atoms with Crippen LogP contribution in [0.1, 0.15) is 44.6 Å². The molecule has 100 valence electrons. The molecule has 0 aromatic heterocycles. The van der Waals surface area contributed by atoms with Crippen molar-refractivity contribution < 1.29 is 4.79 Å². The molecular weight excluding hydrogens is 246 g/mol. The van der Waals surface area contributed by atoms with E-state index in [4.69, 9.17) is 11.6 Å². The van der Waals surface area contributed by atoms with Gasteiger partial charge in [-0.05, 0) is 30.5 Å². The van der Waals surface area contributed by atoms with Crippen molar-refractivity contribution in [1.29, 1.82) is 0 Å². The number of carbonyl (C=O) groups is 1. The number of rotatable bonds is 8. The number of carbonyl (C=O) groups excluding carboxylic acids is 1. The van der Waals surface area contributed by atoms with Crippen molar-refractivity contribution in [2.45, 2.75) is 45.4 Å². The summed E-state index contributed by atoms with van der Waals surface area (Å²) in [5, 5.41) is 3.69. The van der Waals surface area contributed by atoms with Crippen LogP contribution in [0, 0.1) is 0 Å². The monoisotopic (exact) mass is 267 g/mol. The molecule has 0 heterocycles. The summed E-state index contributed by atoms with van der Waals surface area (Å²) >= 11 is 5.81. The van der Waals surface area contributed by atoms with E-state index in [0.29, 0.717) is 6.42 Å². The average Bonchev–Trinajstić information content (AvgIpc) is 2.38. The second kappa shape index (κ2) is 8.98. The Hall–Kier alpha value is -1.02. The molecule has 0 aliphatic carbocycles. The van der Waals surface area contributed by atoms with Gasteiger partial charge in [0.2, 0.25) is 5.91 Å². The Bertz CT molecular complexity index is 348. The van der Waals surface area contributed by atoms with E-state index in [1.54, 1.807) is 0 Å². The minimum Gasteiger partial charge on any atom is -0.356 e. The highest BCUT2D eigenvalue weighted by atomic mass is 35.5. The number of benzene rings is 1. The first-order chi connectivity index (χ1) is 8.72. The van der Waals surface area contributed by atoms with Crippen LogP contribution >= 0.6 is 11.6 Å². The van der Waals surface area contributed by atoms with E-state index in [9.17, 15) is 4.79 Å². The molecule has 1 aromatic rings. The summed E-state index contributed by atoms with van der Waals surface area (Å²) in [5.41, 5.74) is 1.15. The van der Waals surface area contributed by atoms with Crippen LogP contribution in [0.25, 0.3) is 0 Å². The van der Waals surface area contributed by atoms with E-state index in [0.717, 1.165) is 30.0 Å². The van der Waals surface area contributed by atoms with Crippen LogP contribution in [-0.2, 0) is 11.2 Å². The fourth-order valence-corrected chi connectivity index (χ4v) is 1.90. The van der Waals surface area contributed by atoms with Gasteiger partial charge in [-0.15, -0.1) is 0 Å². The predicted molar refractivity (Wildman–Crippen MR) is 76.9 cm³/mol. The maximum atomic E-state index is 11.6. The van der Waals surface area contributed by atoms with Gasteiger partial charge in [-0.1, -0.05) is 49.9 Å². The summed E-state index contributed by atoms with van der Waals surface area (Å²) in [5.74, 6) is 0.140. The van der Waals surface area contributed by atoms with Gasteiger partial charge in [0.25, 0.3) is 0 Å². The van der Waals surface area contributed by atoms with Crippen LogP contribution in [0.4, 0.5) is 0 Å². The van der Waals surface area contributed by atoms with Crippen LogP contribution in [-0.4, -0.2) is 12.5 Å². The molecule has 1 aromatic carbocycles. The number of hydrogen-bond donors (Lipinski definition) is 1. The highest BCUT2D eigenvalue weighted by Crippen LogP contribution is 2.10. The third kappa shape index (κ3) is 6.65. The molecule has 0 fully saturated rings. The van der Waals surface area contributed by atoms with E-state index in [2.05, 4.69) is 12.2 Å². The molecule has 2 nitrogen and oxygen atoms in total. The zero-order chi connectivity index (χ0) is 13.2. The first kappa shape index (κ1) is 15.0. The van der Waals surface area contributed by atoms with Gasteiger partial charge in [-0.25, -0.2) is 0 Å². The van der Waals surface area contributed by atoms with Crippen molar-refractivity contribution in [3.63, 3.8) is 0 Å². The van der Waals surface area contributed by atoms with Crippen LogP contribution in [0.15, 0.2) is 24.3 Å². The Morgan fingerprint density at radius 2 is 1.89 bits per heavy atom. The fraction of sp³-hybridized carbons (Fsp3) is 0.533. The van der Waals surface area contributed by atoms with E-state index >= 15 is 0 Å². The van der Waals surface area contributed by atoms with Gasteiger partial charge in [0.15, 0.2) is 0 Å². The molecule has 0 saturated heterocycles. The Morgan fingerprint density at radius 1 is 1.17 bits per heavy atom. The van der Waals surface area contributed by atoms with Gasteiger partial charge in [0.1, 0.15) is 0 Å². The number of amides is 1. The van der Waals surface area contributed by atoms with Crippen molar-refractivity contribution in [2.75, 3.05) is 6.54 Å². The molecule has 0 radical (unpaired) electrons. The van der Waals surface area contributed by atoms with Gasteiger partial charge in [0.05, 0.1) is 0 Å². The van der Waals surface area contributed by atoms with Crippen molar-refractivity contribution in [1.82, 2.24) is 5.32 Å². The lowest BCUT2D eigenvalue weighted by atomic mass is 10.1. The highest BCUT2D eigenvalue weighted by Gasteiger charge is 2.01. The van der Waals surface area contributed by atoms with Crippen molar-refractivity contribution >= 4 is 17.5 Å². The van der Waals surface area contributed by atoms with Gasteiger partial charge in [-0.3, -0.25) is 4.79 Å². The summed E-state index contributed by atoms with van der Waals surface area (Å²) in [4.78, 5) is 11.6. The number of halogens is 1. The first-order valence-corrected chi connectivity index (χ1v) is 7.11. The SMILES string of the molecule is CCCCCCNC(=O)CCc1ccc(Cl)cc1. The second-order valence-electron chi connectivity index (χ2n) is 4.54. The number of nitrogens with one attached hydrogen (secondary N) is 1. The van der Waals surface area contributed by atoms with E-state index in [1.807, 2.05) is 24.3 Å². The van der Waals surface area contributed by atoms with E-state index < -0.39 is 0 Å². The summed E-state index contributed by atoms with van der Waals surface area (Å²) in [6, 6.07) is 7.66. The third-order valence-electron chi connectivity index (χ3n) is 2.91. The highest BCUT2D eigenvalue weighted by molar-refractivity contribution is 6.30. The lowest BCUT2D eigenvalue weighted by Crippen LogP contribution is -2.24. The Kier molecular flexibility index (Phi) is 7.51. The molecule has 1 rings (SSSR count). The molecule has 1 amide bonds. The van der Waals surface area contributed by atoms with Gasteiger partial charge >= 0.3 is 0 Å². The largest absolute Gasteiger partial charge is 0.356 e. The standard InChI is InChI=1S/C15H22ClNO/c1-2-3-4-5-12-17-15(18)11-8-13-6-9-14(16)10-7-13/h6-7,9-10H,2-5,8,11-12H2,1H3,(H,17,18). The quantitative estimate of drug-likeness (QED) is 0.710. The Labute approximate surface area is 115 Å². The Balaban J connectivity index is 2.11. The van der Waals surface area contributed by atoms with Crippen LogP contribution in [0.5, 0.6) is 0 Å². The van der Waals surface area contributed by atoms with Gasteiger partial charge < -0.3 is 5.32 Å². The topological polar surface area (TPSA) is 29.1 Å². The molecule has 0 atom stereocenters. The smallest absolute Gasteiger partial charge is 0.220 e. The first-order valence-electron chi connectivity index (χ1n) is 6.73. The molecule has 1 N–H and O–H groups in total.